The minimum atomic E-state index is -0.195. The van der Waals surface area contributed by atoms with E-state index in [1.807, 2.05) is 0 Å². The summed E-state index contributed by atoms with van der Waals surface area (Å²) in [6, 6.07) is 4.48. The second-order valence-electron chi connectivity index (χ2n) is 7.91. The van der Waals surface area contributed by atoms with Gasteiger partial charge in [0.1, 0.15) is 6.04 Å². The summed E-state index contributed by atoms with van der Waals surface area (Å²) in [7, 11) is 0. The van der Waals surface area contributed by atoms with E-state index in [1.54, 1.807) is 4.90 Å². The highest BCUT2D eigenvalue weighted by Gasteiger charge is 2.47. The molecule has 0 N–H and O–H groups in total. The van der Waals surface area contributed by atoms with Crippen molar-refractivity contribution >= 4 is 5.91 Å². The van der Waals surface area contributed by atoms with Crippen molar-refractivity contribution in [2.24, 2.45) is 23.2 Å². The van der Waals surface area contributed by atoms with Crippen molar-refractivity contribution in [2.45, 2.75) is 64.3 Å². The maximum Gasteiger partial charge on any atom is 0.223 e. The second-order valence-corrected chi connectivity index (χ2v) is 7.91. The van der Waals surface area contributed by atoms with E-state index in [0.29, 0.717) is 18.3 Å². The van der Waals surface area contributed by atoms with E-state index in [9.17, 15) is 4.79 Å². The molecule has 0 bridgehead atoms. The molecular weight excluding hydrogens is 274 g/mol. The lowest BCUT2D eigenvalue weighted by atomic mass is 9.80. The Balaban J connectivity index is 1.51. The first kappa shape index (κ1) is 15.3. The number of amides is 1. The molecule has 4 heteroatoms. The van der Waals surface area contributed by atoms with Gasteiger partial charge in [0.15, 0.2) is 0 Å². The summed E-state index contributed by atoms with van der Waals surface area (Å²) < 4.78 is 0. The summed E-state index contributed by atoms with van der Waals surface area (Å²) in [4.78, 5) is 14.2. The normalized spacial score (nSPS) is 40.2. The van der Waals surface area contributed by atoms with Gasteiger partial charge < -0.3 is 4.90 Å². The molecular formula is C18H25N3O. The zero-order valence-electron chi connectivity index (χ0n) is 13.4. The number of nitriles is 2. The Bertz CT molecular complexity index is 515. The predicted molar refractivity (Wildman–Crippen MR) is 82.2 cm³/mol. The van der Waals surface area contributed by atoms with Gasteiger partial charge in [-0.25, -0.2) is 0 Å². The van der Waals surface area contributed by atoms with E-state index < -0.39 is 0 Å². The third kappa shape index (κ3) is 2.84. The molecule has 4 nitrogen and oxygen atoms in total. The van der Waals surface area contributed by atoms with Crippen LogP contribution in [0.1, 0.15) is 58.3 Å². The number of rotatable bonds is 3. The smallest absolute Gasteiger partial charge is 0.223 e. The number of likely N-dealkylation sites (tertiary alicyclic amines) is 1. The number of carbonyl (C=O) groups is 1. The molecule has 5 atom stereocenters. The lowest BCUT2D eigenvalue weighted by Crippen LogP contribution is -2.35. The number of fused-ring (bicyclic) bond motifs is 1. The van der Waals surface area contributed by atoms with Gasteiger partial charge in [0.25, 0.3) is 0 Å². The van der Waals surface area contributed by atoms with Crippen LogP contribution in [0.3, 0.4) is 0 Å². The van der Waals surface area contributed by atoms with Gasteiger partial charge in [-0.05, 0) is 62.2 Å². The molecule has 0 radical (unpaired) electrons. The standard InChI is InChI=1S/C18H25N3O/c1-18(9-14-7-13(11-19)8-15(14)10-18)5-4-17(22)21-6-2-3-16(21)12-20/h13-16H,2-10H2,1H3/t13?,14-,15+,16-,18?/m0/s1. The molecule has 22 heavy (non-hydrogen) atoms. The van der Waals surface area contributed by atoms with Crippen LogP contribution >= 0.6 is 0 Å². The zero-order valence-corrected chi connectivity index (χ0v) is 13.4. The lowest BCUT2D eigenvalue weighted by molar-refractivity contribution is -0.131. The van der Waals surface area contributed by atoms with Crippen LogP contribution in [-0.4, -0.2) is 23.4 Å². The molecule has 0 aromatic carbocycles. The van der Waals surface area contributed by atoms with Gasteiger partial charge in [0.05, 0.1) is 12.1 Å². The second kappa shape index (κ2) is 5.92. The molecule has 118 valence electrons. The number of nitrogens with zero attached hydrogens (tertiary/aromatic N) is 3. The zero-order chi connectivity index (χ0) is 15.7. The van der Waals surface area contributed by atoms with E-state index in [4.69, 9.17) is 10.5 Å². The third-order valence-corrected chi connectivity index (χ3v) is 6.20. The Kier molecular flexibility index (Phi) is 4.13. The van der Waals surface area contributed by atoms with Crippen LogP contribution in [0, 0.1) is 45.8 Å². The Morgan fingerprint density at radius 3 is 2.50 bits per heavy atom. The van der Waals surface area contributed by atoms with Gasteiger partial charge in [-0.1, -0.05) is 6.92 Å². The quantitative estimate of drug-likeness (QED) is 0.803. The van der Waals surface area contributed by atoms with Crippen LogP contribution in [0.5, 0.6) is 0 Å². The largest absolute Gasteiger partial charge is 0.327 e. The summed E-state index contributed by atoms with van der Waals surface area (Å²) in [5.41, 5.74) is 0.257. The maximum absolute atomic E-state index is 12.4. The van der Waals surface area contributed by atoms with Crippen LogP contribution in [-0.2, 0) is 4.79 Å². The first-order valence-electron chi connectivity index (χ1n) is 8.63. The number of carbonyl (C=O) groups excluding carboxylic acids is 1. The van der Waals surface area contributed by atoms with Gasteiger partial charge in [-0.2, -0.15) is 10.5 Å². The number of hydrogen-bond acceptors (Lipinski definition) is 3. The fourth-order valence-electron chi connectivity index (χ4n) is 5.12. The van der Waals surface area contributed by atoms with Crippen LogP contribution < -0.4 is 0 Å². The Hall–Kier alpha value is -1.55. The third-order valence-electron chi connectivity index (χ3n) is 6.20. The van der Waals surface area contributed by atoms with E-state index in [1.165, 1.54) is 12.8 Å². The average molecular weight is 299 g/mol. The highest BCUT2D eigenvalue weighted by molar-refractivity contribution is 5.77. The molecule has 1 heterocycles. The van der Waals surface area contributed by atoms with Crippen molar-refractivity contribution < 1.29 is 4.79 Å². The Morgan fingerprint density at radius 1 is 1.23 bits per heavy atom. The van der Waals surface area contributed by atoms with E-state index in [0.717, 1.165) is 38.6 Å². The van der Waals surface area contributed by atoms with Crippen molar-refractivity contribution in [3.8, 4) is 12.1 Å². The van der Waals surface area contributed by atoms with Crippen molar-refractivity contribution in [3.63, 3.8) is 0 Å². The molecule has 2 unspecified atom stereocenters. The summed E-state index contributed by atoms with van der Waals surface area (Å²) in [6.45, 7) is 3.06. The maximum atomic E-state index is 12.4. The Morgan fingerprint density at radius 2 is 1.91 bits per heavy atom. The van der Waals surface area contributed by atoms with Crippen molar-refractivity contribution in [1.29, 1.82) is 10.5 Å². The average Bonchev–Trinajstić information content (AvgIpc) is 3.17. The minimum absolute atomic E-state index is 0.164. The van der Waals surface area contributed by atoms with E-state index in [2.05, 4.69) is 19.1 Å². The molecule has 3 rings (SSSR count). The Labute approximate surface area is 133 Å². The molecule has 2 aliphatic carbocycles. The van der Waals surface area contributed by atoms with Gasteiger partial charge in [-0.15, -0.1) is 0 Å². The van der Waals surface area contributed by atoms with Crippen molar-refractivity contribution in [2.75, 3.05) is 6.54 Å². The molecule has 3 aliphatic rings. The molecule has 1 aliphatic heterocycles. The summed E-state index contributed by atoms with van der Waals surface area (Å²) >= 11 is 0. The fourth-order valence-corrected chi connectivity index (χ4v) is 5.12. The van der Waals surface area contributed by atoms with Gasteiger partial charge in [0.2, 0.25) is 5.91 Å². The minimum Gasteiger partial charge on any atom is -0.327 e. The van der Waals surface area contributed by atoms with Crippen LogP contribution in [0.4, 0.5) is 0 Å². The van der Waals surface area contributed by atoms with Gasteiger partial charge >= 0.3 is 0 Å². The van der Waals surface area contributed by atoms with Gasteiger partial charge in [0, 0.05) is 18.9 Å². The topological polar surface area (TPSA) is 67.9 Å². The predicted octanol–water partition coefficient (Wildman–Crippen LogP) is 3.25. The molecule has 1 saturated heterocycles. The van der Waals surface area contributed by atoms with Crippen LogP contribution in [0.15, 0.2) is 0 Å². The van der Waals surface area contributed by atoms with Crippen LogP contribution in [0.2, 0.25) is 0 Å². The first-order valence-corrected chi connectivity index (χ1v) is 8.63. The molecule has 0 spiro atoms. The summed E-state index contributed by atoms with van der Waals surface area (Å²) in [5.74, 6) is 1.83. The molecule has 2 saturated carbocycles. The number of hydrogen-bond donors (Lipinski definition) is 0. The molecule has 0 aromatic heterocycles. The van der Waals surface area contributed by atoms with Gasteiger partial charge in [-0.3, -0.25) is 4.79 Å². The molecule has 0 aromatic rings. The highest BCUT2D eigenvalue weighted by Crippen LogP contribution is 2.56. The van der Waals surface area contributed by atoms with E-state index >= 15 is 0 Å². The highest BCUT2D eigenvalue weighted by atomic mass is 16.2. The molecule has 3 fully saturated rings. The SMILES string of the molecule is CC1(CCC(=O)N2CCC[C@H]2C#N)C[C@H]2CC(C#N)C[C@H]2C1. The first-order chi connectivity index (χ1) is 10.5. The van der Waals surface area contributed by atoms with Crippen molar-refractivity contribution in [1.82, 2.24) is 4.90 Å². The fraction of sp³-hybridized carbons (Fsp3) is 0.833. The lowest BCUT2D eigenvalue weighted by Gasteiger charge is -2.27. The molecule has 1 amide bonds. The van der Waals surface area contributed by atoms with Crippen molar-refractivity contribution in [3.05, 3.63) is 0 Å². The van der Waals surface area contributed by atoms with E-state index in [-0.39, 0.29) is 23.3 Å². The monoisotopic (exact) mass is 299 g/mol. The van der Waals surface area contributed by atoms with Crippen LogP contribution in [0.25, 0.3) is 0 Å². The summed E-state index contributed by atoms with van der Waals surface area (Å²) in [5, 5.41) is 18.2. The summed E-state index contributed by atoms with van der Waals surface area (Å²) in [6.07, 6.45) is 7.77.